The molecule has 1 N–H and O–H groups in total. The predicted molar refractivity (Wildman–Crippen MR) is 58.8 cm³/mol. The van der Waals surface area contributed by atoms with Gasteiger partial charge in [0.25, 0.3) is 0 Å². The molecular formula is C10H12F2N2OS. The second-order valence-electron chi connectivity index (χ2n) is 3.41. The molecule has 3 nitrogen and oxygen atoms in total. The van der Waals surface area contributed by atoms with Gasteiger partial charge in [0.15, 0.2) is 17.5 Å². The minimum absolute atomic E-state index is 0.103. The molecule has 6 heteroatoms. The Kier molecular flexibility index (Phi) is 3.60. The van der Waals surface area contributed by atoms with E-state index in [1.54, 1.807) is 0 Å². The van der Waals surface area contributed by atoms with Crippen LogP contribution in [0.15, 0.2) is 11.1 Å². The van der Waals surface area contributed by atoms with E-state index in [9.17, 15) is 8.78 Å². The van der Waals surface area contributed by atoms with Crippen molar-refractivity contribution in [3.8, 4) is 0 Å². The van der Waals surface area contributed by atoms with Crippen molar-refractivity contribution < 1.29 is 13.5 Å². The van der Waals surface area contributed by atoms with E-state index in [1.165, 1.54) is 11.8 Å². The molecule has 1 aliphatic heterocycles. The molecule has 1 saturated heterocycles. The highest BCUT2D eigenvalue weighted by Gasteiger charge is 2.23. The van der Waals surface area contributed by atoms with E-state index < -0.39 is 11.6 Å². The van der Waals surface area contributed by atoms with E-state index in [-0.39, 0.29) is 16.1 Å². The normalized spacial score (nSPS) is 15.9. The van der Waals surface area contributed by atoms with E-state index >= 15 is 0 Å². The van der Waals surface area contributed by atoms with Gasteiger partial charge in [-0.15, -0.1) is 0 Å². The number of anilines is 1. The van der Waals surface area contributed by atoms with Gasteiger partial charge >= 0.3 is 0 Å². The standard InChI is InChI=1S/C10H12F2N2OS/c1-2-13-9-7(11)3-8(12)10(14-9)16-6-4-15-5-6/h3,6H,2,4-5H2,1H3,(H,13,14). The van der Waals surface area contributed by atoms with Gasteiger partial charge in [0.2, 0.25) is 0 Å². The van der Waals surface area contributed by atoms with Crippen molar-refractivity contribution in [2.24, 2.45) is 0 Å². The molecule has 1 aromatic heterocycles. The van der Waals surface area contributed by atoms with Gasteiger partial charge in [-0.2, -0.15) is 0 Å². The van der Waals surface area contributed by atoms with Crippen molar-refractivity contribution in [1.29, 1.82) is 0 Å². The molecule has 0 spiro atoms. The lowest BCUT2D eigenvalue weighted by atomic mass is 10.4. The molecule has 0 unspecified atom stereocenters. The third kappa shape index (κ3) is 2.44. The monoisotopic (exact) mass is 246 g/mol. The third-order valence-corrected chi connectivity index (χ3v) is 3.24. The first-order chi connectivity index (χ1) is 7.70. The number of aromatic nitrogens is 1. The molecule has 0 saturated carbocycles. The quantitative estimate of drug-likeness (QED) is 0.883. The van der Waals surface area contributed by atoms with Crippen molar-refractivity contribution in [3.05, 3.63) is 17.7 Å². The van der Waals surface area contributed by atoms with Crippen LogP contribution in [0, 0.1) is 11.6 Å². The minimum atomic E-state index is -0.659. The van der Waals surface area contributed by atoms with Crippen LogP contribution in [0.5, 0.6) is 0 Å². The fraction of sp³-hybridized carbons (Fsp3) is 0.500. The van der Waals surface area contributed by atoms with Crippen LogP contribution >= 0.6 is 11.8 Å². The van der Waals surface area contributed by atoms with Crippen molar-refractivity contribution in [2.75, 3.05) is 25.1 Å². The Hall–Kier alpha value is -0.880. The Balaban J connectivity index is 2.18. The van der Waals surface area contributed by atoms with Gasteiger partial charge in [-0.1, -0.05) is 11.8 Å². The maximum atomic E-state index is 13.4. The minimum Gasteiger partial charge on any atom is -0.379 e. The average Bonchev–Trinajstić information content (AvgIpc) is 2.18. The molecule has 1 aromatic rings. The van der Waals surface area contributed by atoms with Gasteiger partial charge < -0.3 is 10.1 Å². The summed E-state index contributed by atoms with van der Waals surface area (Å²) in [5.74, 6) is -1.17. The Morgan fingerprint density at radius 2 is 2.25 bits per heavy atom. The van der Waals surface area contributed by atoms with Gasteiger partial charge in [0, 0.05) is 12.6 Å². The zero-order valence-corrected chi connectivity index (χ0v) is 9.61. The molecule has 0 bridgehead atoms. The highest BCUT2D eigenvalue weighted by molar-refractivity contribution is 8.00. The van der Waals surface area contributed by atoms with E-state index in [4.69, 9.17) is 4.74 Å². The largest absolute Gasteiger partial charge is 0.379 e. The second-order valence-corrected chi connectivity index (χ2v) is 4.70. The van der Waals surface area contributed by atoms with Crippen LogP contribution < -0.4 is 5.32 Å². The first-order valence-corrected chi connectivity index (χ1v) is 5.93. The number of pyridine rings is 1. The van der Waals surface area contributed by atoms with Crippen LogP contribution in [0.3, 0.4) is 0 Å². The summed E-state index contributed by atoms with van der Waals surface area (Å²) in [7, 11) is 0. The van der Waals surface area contributed by atoms with E-state index in [0.717, 1.165) is 6.07 Å². The number of nitrogens with zero attached hydrogens (tertiary/aromatic N) is 1. The summed E-state index contributed by atoms with van der Waals surface area (Å²) < 4.78 is 31.6. The SMILES string of the molecule is CCNc1nc(SC2COC2)c(F)cc1F. The van der Waals surface area contributed by atoms with Crippen molar-refractivity contribution in [2.45, 2.75) is 17.2 Å². The Bertz CT molecular complexity index is 385. The Morgan fingerprint density at radius 1 is 1.50 bits per heavy atom. The molecule has 0 aromatic carbocycles. The summed E-state index contributed by atoms with van der Waals surface area (Å²) in [5, 5.41) is 3.21. The van der Waals surface area contributed by atoms with Gasteiger partial charge in [0.1, 0.15) is 5.03 Å². The summed E-state index contributed by atoms with van der Waals surface area (Å²) in [4.78, 5) is 3.93. The Labute approximate surface area is 96.6 Å². The number of hydrogen-bond acceptors (Lipinski definition) is 4. The summed E-state index contributed by atoms with van der Waals surface area (Å²) in [5.41, 5.74) is 0. The molecule has 1 fully saturated rings. The van der Waals surface area contributed by atoms with Crippen LogP contribution in [-0.2, 0) is 4.74 Å². The highest BCUT2D eigenvalue weighted by Crippen LogP contribution is 2.30. The number of thioether (sulfide) groups is 1. The molecule has 16 heavy (non-hydrogen) atoms. The van der Waals surface area contributed by atoms with Gasteiger partial charge in [-0.05, 0) is 6.92 Å². The average molecular weight is 246 g/mol. The van der Waals surface area contributed by atoms with Crippen molar-refractivity contribution >= 4 is 17.6 Å². The number of rotatable bonds is 4. The van der Waals surface area contributed by atoms with E-state index in [2.05, 4.69) is 10.3 Å². The highest BCUT2D eigenvalue weighted by atomic mass is 32.2. The lowest BCUT2D eigenvalue weighted by Gasteiger charge is -2.24. The first kappa shape index (κ1) is 11.6. The molecule has 0 atom stereocenters. The zero-order chi connectivity index (χ0) is 11.5. The van der Waals surface area contributed by atoms with Crippen LogP contribution in [-0.4, -0.2) is 30.0 Å². The number of hydrogen-bond donors (Lipinski definition) is 1. The molecule has 2 heterocycles. The van der Waals surface area contributed by atoms with Gasteiger partial charge in [-0.25, -0.2) is 13.8 Å². The van der Waals surface area contributed by atoms with Crippen LogP contribution in [0.4, 0.5) is 14.6 Å². The summed E-state index contributed by atoms with van der Waals surface area (Å²) in [6.45, 7) is 3.57. The van der Waals surface area contributed by atoms with E-state index in [0.29, 0.717) is 19.8 Å². The first-order valence-electron chi connectivity index (χ1n) is 5.05. The molecule has 0 amide bonds. The van der Waals surface area contributed by atoms with Gasteiger partial charge in [-0.3, -0.25) is 0 Å². The predicted octanol–water partition coefficient (Wildman–Crippen LogP) is 2.28. The zero-order valence-electron chi connectivity index (χ0n) is 8.80. The molecular weight excluding hydrogens is 234 g/mol. The number of ether oxygens (including phenoxy) is 1. The summed E-state index contributed by atoms with van der Waals surface area (Å²) in [6, 6.07) is 0.868. The maximum absolute atomic E-state index is 13.4. The van der Waals surface area contributed by atoms with Crippen LogP contribution in [0.1, 0.15) is 6.92 Å². The van der Waals surface area contributed by atoms with Crippen LogP contribution in [0.25, 0.3) is 0 Å². The lowest BCUT2D eigenvalue weighted by molar-refractivity contribution is 0.0454. The molecule has 0 radical (unpaired) electrons. The molecule has 1 aliphatic rings. The number of halogens is 2. The van der Waals surface area contributed by atoms with Gasteiger partial charge in [0.05, 0.1) is 18.5 Å². The molecule has 2 rings (SSSR count). The topological polar surface area (TPSA) is 34.2 Å². The Morgan fingerprint density at radius 3 is 2.81 bits per heavy atom. The number of nitrogens with one attached hydrogen (secondary N) is 1. The summed E-state index contributed by atoms with van der Waals surface area (Å²) in [6.07, 6.45) is 0. The smallest absolute Gasteiger partial charge is 0.168 e. The molecule has 0 aliphatic carbocycles. The van der Waals surface area contributed by atoms with Crippen LogP contribution in [0.2, 0.25) is 0 Å². The summed E-state index contributed by atoms with van der Waals surface area (Å²) >= 11 is 1.29. The third-order valence-electron chi connectivity index (χ3n) is 2.13. The fourth-order valence-electron chi connectivity index (χ4n) is 1.26. The fourth-order valence-corrected chi connectivity index (χ4v) is 2.22. The lowest BCUT2D eigenvalue weighted by Crippen LogP contribution is -2.30. The maximum Gasteiger partial charge on any atom is 0.168 e. The second kappa shape index (κ2) is 4.97. The molecule has 88 valence electrons. The van der Waals surface area contributed by atoms with E-state index in [1.807, 2.05) is 6.92 Å². The van der Waals surface area contributed by atoms with Crippen molar-refractivity contribution in [1.82, 2.24) is 4.98 Å². The van der Waals surface area contributed by atoms with Crippen molar-refractivity contribution in [3.63, 3.8) is 0 Å².